The molecule has 27 heavy (non-hydrogen) atoms. The third kappa shape index (κ3) is 5.07. The van der Waals surface area contributed by atoms with E-state index < -0.39 is 24.5 Å². The molecule has 2 aromatic rings. The molecule has 0 aliphatic carbocycles. The summed E-state index contributed by atoms with van der Waals surface area (Å²) < 4.78 is 10.1. The summed E-state index contributed by atoms with van der Waals surface area (Å²) in [7, 11) is 0. The van der Waals surface area contributed by atoms with Crippen LogP contribution in [-0.4, -0.2) is 36.2 Å². The van der Waals surface area contributed by atoms with Crippen LogP contribution in [0.2, 0.25) is 0 Å². The van der Waals surface area contributed by atoms with Crippen LogP contribution < -0.4 is 5.32 Å². The van der Waals surface area contributed by atoms with Gasteiger partial charge in [0.05, 0.1) is 17.7 Å². The molecule has 0 unspecified atom stereocenters. The normalized spacial score (nSPS) is 10.3. The van der Waals surface area contributed by atoms with Crippen molar-refractivity contribution in [1.29, 1.82) is 0 Å². The van der Waals surface area contributed by atoms with Crippen LogP contribution in [0.15, 0.2) is 24.3 Å². The number of aryl methyl sites for hydroxylation is 1. The van der Waals surface area contributed by atoms with Crippen LogP contribution in [-0.2, 0) is 20.7 Å². The lowest BCUT2D eigenvalue weighted by Gasteiger charge is -2.08. The van der Waals surface area contributed by atoms with E-state index in [4.69, 9.17) is 9.47 Å². The Bertz CT molecular complexity index is 841. The summed E-state index contributed by atoms with van der Waals surface area (Å²) in [4.78, 5) is 37.3. The number of aromatic hydroxyl groups is 1. The summed E-state index contributed by atoms with van der Waals surface area (Å²) in [5.74, 6) is -1.71. The minimum absolute atomic E-state index is 0.0237. The van der Waals surface area contributed by atoms with Gasteiger partial charge < -0.3 is 19.9 Å². The first-order chi connectivity index (χ1) is 12.9. The maximum Gasteiger partial charge on any atom is 0.341 e. The van der Waals surface area contributed by atoms with Crippen molar-refractivity contribution in [3.63, 3.8) is 0 Å². The maximum atomic E-state index is 12.2. The molecule has 8 heteroatoms. The summed E-state index contributed by atoms with van der Waals surface area (Å²) in [5.41, 5.74) is 1.39. The van der Waals surface area contributed by atoms with Gasteiger partial charge in [0.2, 0.25) is 0 Å². The van der Waals surface area contributed by atoms with Gasteiger partial charge in [-0.05, 0) is 50.1 Å². The number of amides is 1. The Morgan fingerprint density at radius 3 is 2.33 bits per heavy atom. The number of carbonyl (C=O) groups is 3. The van der Waals surface area contributed by atoms with Crippen molar-refractivity contribution >= 4 is 34.2 Å². The van der Waals surface area contributed by atoms with Crippen LogP contribution in [0.3, 0.4) is 0 Å². The molecule has 0 fully saturated rings. The minimum atomic E-state index is -0.688. The van der Waals surface area contributed by atoms with Crippen LogP contribution in [0.5, 0.6) is 5.75 Å². The number of hydrogen-bond donors (Lipinski definition) is 2. The molecule has 1 aromatic carbocycles. The highest BCUT2D eigenvalue weighted by atomic mass is 32.1. The summed E-state index contributed by atoms with van der Waals surface area (Å²) in [6.45, 7) is 5.23. The lowest BCUT2D eigenvalue weighted by Crippen LogP contribution is -2.21. The van der Waals surface area contributed by atoms with Gasteiger partial charge in [-0.15, -0.1) is 11.3 Å². The monoisotopic (exact) mass is 391 g/mol. The first-order valence-electron chi connectivity index (χ1n) is 8.42. The predicted molar refractivity (Wildman–Crippen MR) is 101 cm³/mol. The number of nitrogens with one attached hydrogen (secondary N) is 1. The quantitative estimate of drug-likeness (QED) is 0.702. The second-order valence-electron chi connectivity index (χ2n) is 5.59. The lowest BCUT2D eigenvalue weighted by atomic mass is 10.1. The zero-order valence-electron chi connectivity index (χ0n) is 15.3. The van der Waals surface area contributed by atoms with Gasteiger partial charge in [-0.25, -0.2) is 9.59 Å². The third-order valence-corrected chi connectivity index (χ3v) is 4.80. The van der Waals surface area contributed by atoms with Crippen molar-refractivity contribution in [2.24, 2.45) is 0 Å². The maximum absolute atomic E-state index is 12.2. The van der Waals surface area contributed by atoms with Crippen LogP contribution in [0.4, 0.5) is 5.00 Å². The Balaban J connectivity index is 2.06. The van der Waals surface area contributed by atoms with E-state index in [1.165, 1.54) is 35.6 Å². The molecule has 0 atom stereocenters. The van der Waals surface area contributed by atoms with Crippen LogP contribution in [0, 0.1) is 6.92 Å². The Labute approximate surface area is 160 Å². The van der Waals surface area contributed by atoms with Gasteiger partial charge in [0.15, 0.2) is 6.61 Å². The van der Waals surface area contributed by atoms with Gasteiger partial charge in [0.1, 0.15) is 10.8 Å². The number of phenolic OH excluding ortho intramolecular Hbond substituents is 1. The molecule has 2 rings (SSSR count). The van der Waals surface area contributed by atoms with Crippen molar-refractivity contribution in [3.05, 3.63) is 45.8 Å². The Kier molecular flexibility index (Phi) is 6.95. The smallest absolute Gasteiger partial charge is 0.341 e. The highest BCUT2D eigenvalue weighted by Crippen LogP contribution is 2.34. The molecule has 0 spiro atoms. The van der Waals surface area contributed by atoms with E-state index in [0.717, 1.165) is 10.4 Å². The Hall–Kier alpha value is -2.87. The van der Waals surface area contributed by atoms with E-state index in [1.54, 1.807) is 6.92 Å². The first-order valence-corrected chi connectivity index (χ1v) is 9.24. The molecule has 0 saturated heterocycles. The molecular weight excluding hydrogens is 370 g/mol. The molecule has 1 aromatic heterocycles. The van der Waals surface area contributed by atoms with Gasteiger partial charge in [-0.2, -0.15) is 0 Å². The average molecular weight is 391 g/mol. The molecule has 0 bridgehead atoms. The van der Waals surface area contributed by atoms with Crippen molar-refractivity contribution in [2.45, 2.75) is 27.2 Å². The fourth-order valence-electron chi connectivity index (χ4n) is 2.49. The SMILES string of the molecule is CCOC(=O)c1c(NC(=O)COC(=O)c2ccc(O)cc2)sc(C)c1CC. The number of thiophene rings is 1. The number of rotatable bonds is 7. The second-order valence-corrected chi connectivity index (χ2v) is 6.81. The van der Waals surface area contributed by atoms with E-state index in [1.807, 2.05) is 13.8 Å². The van der Waals surface area contributed by atoms with Gasteiger partial charge >= 0.3 is 11.9 Å². The minimum Gasteiger partial charge on any atom is -0.508 e. The summed E-state index contributed by atoms with van der Waals surface area (Å²) in [6.07, 6.45) is 0.627. The molecule has 7 nitrogen and oxygen atoms in total. The molecule has 0 aliphatic rings. The summed E-state index contributed by atoms with van der Waals surface area (Å²) in [5, 5.41) is 12.2. The van der Waals surface area contributed by atoms with E-state index in [0.29, 0.717) is 17.0 Å². The van der Waals surface area contributed by atoms with Gasteiger partial charge in [-0.3, -0.25) is 4.79 Å². The summed E-state index contributed by atoms with van der Waals surface area (Å²) >= 11 is 1.28. The fraction of sp³-hybridized carbons (Fsp3) is 0.316. The third-order valence-electron chi connectivity index (χ3n) is 3.73. The molecule has 2 N–H and O–H groups in total. The van der Waals surface area contributed by atoms with Crippen molar-refractivity contribution < 1.29 is 29.0 Å². The van der Waals surface area contributed by atoms with E-state index >= 15 is 0 Å². The fourth-order valence-corrected chi connectivity index (χ4v) is 3.64. The molecule has 1 amide bonds. The Morgan fingerprint density at radius 2 is 1.74 bits per heavy atom. The van der Waals surface area contributed by atoms with E-state index in [9.17, 15) is 19.5 Å². The van der Waals surface area contributed by atoms with Crippen molar-refractivity contribution in [2.75, 3.05) is 18.5 Å². The van der Waals surface area contributed by atoms with Crippen molar-refractivity contribution in [3.8, 4) is 5.75 Å². The average Bonchev–Trinajstić information content (AvgIpc) is 2.95. The number of hydrogen-bond acceptors (Lipinski definition) is 7. The number of carbonyl (C=O) groups excluding carboxylic acids is 3. The first kappa shape index (κ1) is 20.4. The largest absolute Gasteiger partial charge is 0.508 e. The number of phenols is 1. The number of benzene rings is 1. The van der Waals surface area contributed by atoms with Gasteiger partial charge in [0.25, 0.3) is 5.91 Å². The highest BCUT2D eigenvalue weighted by Gasteiger charge is 2.23. The number of anilines is 1. The van der Waals surface area contributed by atoms with E-state index in [-0.39, 0.29) is 17.9 Å². The lowest BCUT2D eigenvalue weighted by molar-refractivity contribution is -0.119. The molecule has 144 valence electrons. The predicted octanol–water partition coefficient (Wildman–Crippen LogP) is 3.30. The van der Waals surface area contributed by atoms with Crippen LogP contribution in [0.1, 0.15) is 45.0 Å². The number of esters is 2. The zero-order valence-corrected chi connectivity index (χ0v) is 16.1. The second kappa shape index (κ2) is 9.18. The van der Waals surface area contributed by atoms with Gasteiger partial charge in [0, 0.05) is 4.88 Å². The van der Waals surface area contributed by atoms with E-state index in [2.05, 4.69) is 5.32 Å². The molecular formula is C19H21NO6S. The van der Waals surface area contributed by atoms with Gasteiger partial charge in [-0.1, -0.05) is 6.92 Å². The standard InChI is InChI=1S/C19H21NO6S/c1-4-14-11(3)27-17(16(14)19(24)25-5-2)20-15(22)10-26-18(23)12-6-8-13(21)9-7-12/h6-9,21H,4-5,10H2,1-3H3,(H,20,22). The molecule has 0 saturated carbocycles. The van der Waals surface area contributed by atoms with Crippen LogP contribution >= 0.6 is 11.3 Å². The Morgan fingerprint density at radius 1 is 1.07 bits per heavy atom. The van der Waals surface area contributed by atoms with Crippen molar-refractivity contribution in [1.82, 2.24) is 0 Å². The van der Waals surface area contributed by atoms with Crippen LogP contribution in [0.25, 0.3) is 0 Å². The topological polar surface area (TPSA) is 102 Å². The molecule has 0 aliphatic heterocycles. The molecule has 0 radical (unpaired) electrons. The summed E-state index contributed by atoms with van der Waals surface area (Å²) in [6, 6.07) is 5.49. The number of ether oxygens (including phenoxy) is 2. The highest BCUT2D eigenvalue weighted by molar-refractivity contribution is 7.16. The molecule has 1 heterocycles. The zero-order chi connectivity index (χ0) is 20.0.